The summed E-state index contributed by atoms with van der Waals surface area (Å²) in [5, 5.41) is 10.1. The number of nitrogens with zero attached hydrogens (tertiary/aromatic N) is 5. The highest BCUT2D eigenvalue weighted by atomic mass is 32.2. The number of thiazole rings is 1. The van der Waals surface area contributed by atoms with Crippen LogP contribution in [-0.2, 0) is 11.3 Å². The van der Waals surface area contributed by atoms with Gasteiger partial charge in [0.25, 0.3) is 0 Å². The van der Waals surface area contributed by atoms with Gasteiger partial charge in [0, 0.05) is 7.05 Å². The molecule has 1 aromatic carbocycles. The van der Waals surface area contributed by atoms with E-state index in [1.807, 2.05) is 30.3 Å². The Labute approximate surface area is 152 Å². The number of carbonyl (C=O) groups is 1. The Balaban J connectivity index is 1.59. The van der Waals surface area contributed by atoms with E-state index in [2.05, 4.69) is 15.0 Å². The van der Waals surface area contributed by atoms with Crippen molar-refractivity contribution in [2.24, 2.45) is 0 Å². The summed E-state index contributed by atoms with van der Waals surface area (Å²) in [6, 6.07) is 9.79. The first-order valence-electron chi connectivity index (χ1n) is 7.30. The van der Waals surface area contributed by atoms with Gasteiger partial charge in [-0.15, -0.1) is 11.3 Å². The van der Waals surface area contributed by atoms with Gasteiger partial charge in [0.15, 0.2) is 5.16 Å². The van der Waals surface area contributed by atoms with E-state index in [-0.39, 0.29) is 23.0 Å². The van der Waals surface area contributed by atoms with Crippen molar-refractivity contribution in [2.75, 3.05) is 18.5 Å². The molecule has 2 aromatic heterocycles. The van der Waals surface area contributed by atoms with E-state index in [0.29, 0.717) is 11.7 Å². The number of anilines is 1. The summed E-state index contributed by atoms with van der Waals surface area (Å²) < 4.78 is 1.11. The van der Waals surface area contributed by atoms with Crippen LogP contribution in [0.25, 0.3) is 10.2 Å². The molecule has 0 atom stereocenters. The number of amides is 1. The topological polar surface area (TPSA) is 109 Å². The van der Waals surface area contributed by atoms with Crippen LogP contribution >= 0.6 is 23.1 Å². The normalized spacial score (nSPS) is 10.6. The van der Waals surface area contributed by atoms with Gasteiger partial charge in [-0.3, -0.25) is 4.79 Å². The first-order valence-corrected chi connectivity index (χ1v) is 9.11. The molecule has 0 bridgehead atoms. The van der Waals surface area contributed by atoms with Gasteiger partial charge in [-0.05, 0) is 12.1 Å². The summed E-state index contributed by atoms with van der Waals surface area (Å²) in [6.45, 7) is 0.453. The van der Waals surface area contributed by atoms with Gasteiger partial charge in [0.1, 0.15) is 22.5 Å². The average Bonchev–Trinajstić information content (AvgIpc) is 3.01. The smallest absolute Gasteiger partial charge is 0.233 e. The lowest BCUT2D eigenvalue weighted by Crippen LogP contribution is -2.27. The number of nitriles is 1. The molecule has 1 amide bonds. The number of nitrogens with two attached hydrogens (primary N) is 1. The van der Waals surface area contributed by atoms with Gasteiger partial charge < -0.3 is 10.6 Å². The zero-order valence-electron chi connectivity index (χ0n) is 13.3. The minimum absolute atomic E-state index is 0.0595. The number of carbonyl (C=O) groups excluding carboxylic acids is 1. The van der Waals surface area contributed by atoms with Crippen LogP contribution in [-0.4, -0.2) is 38.6 Å². The number of hydrogen-bond donors (Lipinski definition) is 1. The first-order chi connectivity index (χ1) is 12.1. The highest BCUT2D eigenvalue weighted by Crippen LogP contribution is 2.23. The molecular weight excluding hydrogens is 356 g/mol. The summed E-state index contributed by atoms with van der Waals surface area (Å²) in [5.41, 5.74) is 6.82. The molecular formula is C16H14N6OS2. The Bertz CT molecular complexity index is 932. The fourth-order valence-electron chi connectivity index (χ4n) is 2.05. The molecule has 0 saturated carbocycles. The molecule has 2 heterocycles. The van der Waals surface area contributed by atoms with Crippen LogP contribution < -0.4 is 5.73 Å². The van der Waals surface area contributed by atoms with E-state index in [0.717, 1.165) is 15.2 Å². The number of benzene rings is 1. The Morgan fingerprint density at radius 2 is 2.20 bits per heavy atom. The molecule has 3 rings (SSSR count). The zero-order valence-corrected chi connectivity index (χ0v) is 15.0. The Kier molecular flexibility index (Phi) is 5.11. The van der Waals surface area contributed by atoms with E-state index in [1.165, 1.54) is 18.0 Å². The van der Waals surface area contributed by atoms with Crippen LogP contribution in [0.4, 0.5) is 5.82 Å². The molecule has 126 valence electrons. The molecule has 0 aliphatic rings. The van der Waals surface area contributed by atoms with Crippen LogP contribution in [0.3, 0.4) is 0 Å². The van der Waals surface area contributed by atoms with E-state index >= 15 is 0 Å². The Morgan fingerprint density at radius 3 is 2.92 bits per heavy atom. The van der Waals surface area contributed by atoms with Crippen molar-refractivity contribution in [3.8, 4) is 6.07 Å². The monoisotopic (exact) mass is 370 g/mol. The number of para-hydroxylation sites is 1. The second-order valence-corrected chi connectivity index (χ2v) is 7.23. The molecule has 2 N–H and O–H groups in total. The van der Waals surface area contributed by atoms with Gasteiger partial charge in [0.05, 0.1) is 28.7 Å². The molecule has 0 saturated heterocycles. The van der Waals surface area contributed by atoms with Crippen molar-refractivity contribution < 1.29 is 4.79 Å². The lowest BCUT2D eigenvalue weighted by Gasteiger charge is -2.15. The maximum absolute atomic E-state index is 12.3. The van der Waals surface area contributed by atoms with Crippen molar-refractivity contribution in [2.45, 2.75) is 11.7 Å². The highest BCUT2D eigenvalue weighted by Gasteiger charge is 2.14. The van der Waals surface area contributed by atoms with E-state index < -0.39 is 0 Å². The predicted octanol–water partition coefficient (Wildman–Crippen LogP) is 2.29. The largest absolute Gasteiger partial charge is 0.382 e. The molecule has 0 aliphatic carbocycles. The molecule has 0 aliphatic heterocycles. The lowest BCUT2D eigenvalue weighted by atomic mass is 10.3. The van der Waals surface area contributed by atoms with Crippen molar-refractivity contribution in [1.29, 1.82) is 5.26 Å². The van der Waals surface area contributed by atoms with Gasteiger partial charge in [-0.2, -0.15) is 5.26 Å². The number of nitrogen functional groups attached to an aromatic ring is 1. The fraction of sp³-hybridized carbons (Fsp3) is 0.188. The second kappa shape index (κ2) is 7.46. The lowest BCUT2D eigenvalue weighted by molar-refractivity contribution is -0.127. The third-order valence-corrected chi connectivity index (χ3v) is 5.25. The maximum Gasteiger partial charge on any atom is 0.233 e. The molecule has 7 nitrogen and oxygen atoms in total. The molecule has 0 unspecified atom stereocenters. The van der Waals surface area contributed by atoms with Gasteiger partial charge in [0.2, 0.25) is 5.91 Å². The number of fused-ring (bicyclic) bond motifs is 1. The SMILES string of the molecule is CN(Cc1nc2ccccc2s1)C(=O)CSc1ncc(C#N)c(N)n1. The number of aromatic nitrogens is 3. The molecule has 9 heteroatoms. The minimum atomic E-state index is -0.0595. The molecule has 3 aromatic rings. The Hall–Kier alpha value is -2.70. The summed E-state index contributed by atoms with van der Waals surface area (Å²) in [5.74, 6) is 0.248. The molecule has 0 fully saturated rings. The van der Waals surface area contributed by atoms with Crippen LogP contribution in [0.2, 0.25) is 0 Å². The van der Waals surface area contributed by atoms with Crippen LogP contribution in [0, 0.1) is 11.3 Å². The number of thioether (sulfide) groups is 1. The third kappa shape index (κ3) is 4.04. The quantitative estimate of drug-likeness (QED) is 0.542. The van der Waals surface area contributed by atoms with Crippen LogP contribution in [0.15, 0.2) is 35.6 Å². The summed E-state index contributed by atoms with van der Waals surface area (Å²) in [6.07, 6.45) is 1.36. The number of rotatable bonds is 5. The molecule has 0 radical (unpaired) electrons. The van der Waals surface area contributed by atoms with Gasteiger partial charge >= 0.3 is 0 Å². The van der Waals surface area contributed by atoms with Gasteiger partial charge in [-0.1, -0.05) is 23.9 Å². The van der Waals surface area contributed by atoms with E-state index in [1.54, 1.807) is 23.3 Å². The minimum Gasteiger partial charge on any atom is -0.382 e. The van der Waals surface area contributed by atoms with E-state index in [9.17, 15) is 4.79 Å². The van der Waals surface area contributed by atoms with Crippen molar-refractivity contribution in [3.05, 3.63) is 41.0 Å². The summed E-state index contributed by atoms with van der Waals surface area (Å²) >= 11 is 2.77. The average molecular weight is 370 g/mol. The van der Waals surface area contributed by atoms with Crippen molar-refractivity contribution in [1.82, 2.24) is 19.9 Å². The Morgan fingerprint density at radius 1 is 1.40 bits per heavy atom. The second-order valence-electron chi connectivity index (χ2n) is 5.18. The summed E-state index contributed by atoms with van der Waals surface area (Å²) in [7, 11) is 1.74. The van der Waals surface area contributed by atoms with Crippen LogP contribution in [0.5, 0.6) is 0 Å². The van der Waals surface area contributed by atoms with Crippen molar-refractivity contribution >= 4 is 45.0 Å². The van der Waals surface area contributed by atoms with Crippen LogP contribution in [0.1, 0.15) is 10.6 Å². The van der Waals surface area contributed by atoms with Gasteiger partial charge in [-0.25, -0.2) is 15.0 Å². The highest BCUT2D eigenvalue weighted by molar-refractivity contribution is 7.99. The number of hydrogen-bond acceptors (Lipinski definition) is 8. The van der Waals surface area contributed by atoms with Crippen molar-refractivity contribution in [3.63, 3.8) is 0 Å². The third-order valence-electron chi connectivity index (χ3n) is 3.38. The molecule has 25 heavy (non-hydrogen) atoms. The molecule has 0 spiro atoms. The maximum atomic E-state index is 12.3. The fourth-order valence-corrected chi connectivity index (χ4v) is 3.83. The summed E-state index contributed by atoms with van der Waals surface area (Å²) in [4.78, 5) is 26.5. The van der Waals surface area contributed by atoms with E-state index in [4.69, 9.17) is 11.0 Å². The first kappa shape index (κ1) is 17.1. The standard InChI is InChI=1S/C16H14N6OS2/c1-22(8-13-20-11-4-2-3-5-12(11)25-13)14(23)9-24-16-19-7-10(6-17)15(18)21-16/h2-5,7H,8-9H2,1H3,(H2,18,19,21). The predicted molar refractivity (Wildman–Crippen MR) is 98.0 cm³/mol. The zero-order chi connectivity index (χ0) is 17.8.